The first-order valence-electron chi connectivity index (χ1n) is 4.72. The van der Waals surface area contributed by atoms with Crippen LogP contribution in [-0.4, -0.2) is 10.2 Å². The van der Waals surface area contributed by atoms with Crippen molar-refractivity contribution < 1.29 is 0 Å². The van der Waals surface area contributed by atoms with Crippen molar-refractivity contribution in [2.75, 3.05) is 5.32 Å². The summed E-state index contributed by atoms with van der Waals surface area (Å²) in [4.78, 5) is 0. The topological polar surface area (TPSA) is 63.8 Å². The van der Waals surface area contributed by atoms with Gasteiger partial charge in [0, 0.05) is 18.4 Å². The van der Waals surface area contributed by atoms with Gasteiger partial charge in [-0.05, 0) is 29.8 Å². The Bertz CT molecular complexity index is 428. The average molecular weight is 200 g/mol. The van der Waals surface area contributed by atoms with Crippen LogP contribution >= 0.6 is 0 Å². The fourth-order valence-electron chi connectivity index (χ4n) is 1.29. The Labute approximate surface area is 88.2 Å². The number of rotatable bonds is 3. The van der Waals surface area contributed by atoms with Crippen molar-refractivity contribution in [3.8, 4) is 0 Å². The first-order valence-corrected chi connectivity index (χ1v) is 4.72. The third kappa shape index (κ3) is 2.51. The normalized spacial score (nSPS) is 9.93. The predicted molar refractivity (Wildman–Crippen MR) is 59.6 cm³/mol. The molecule has 0 saturated heterocycles. The molecular formula is C11H12N4. The van der Waals surface area contributed by atoms with Crippen LogP contribution in [-0.2, 0) is 6.54 Å². The van der Waals surface area contributed by atoms with Crippen LogP contribution < -0.4 is 11.1 Å². The highest BCUT2D eigenvalue weighted by Gasteiger charge is 1.96. The zero-order valence-corrected chi connectivity index (χ0v) is 8.22. The summed E-state index contributed by atoms with van der Waals surface area (Å²) >= 11 is 0. The molecule has 76 valence electrons. The first-order chi connectivity index (χ1) is 7.38. The highest BCUT2D eigenvalue weighted by atomic mass is 15.2. The maximum atomic E-state index is 5.56. The summed E-state index contributed by atoms with van der Waals surface area (Å²) in [6, 6.07) is 11.6. The van der Waals surface area contributed by atoms with Crippen LogP contribution in [0.2, 0.25) is 0 Å². The molecule has 1 aromatic carbocycles. The molecule has 2 rings (SSSR count). The Morgan fingerprint density at radius 3 is 2.87 bits per heavy atom. The number of aromatic nitrogens is 2. The number of hydrogen-bond acceptors (Lipinski definition) is 4. The SMILES string of the molecule is NCc1cccc(Nc2cccnn2)c1. The van der Waals surface area contributed by atoms with Gasteiger partial charge >= 0.3 is 0 Å². The lowest BCUT2D eigenvalue weighted by atomic mass is 10.2. The van der Waals surface area contributed by atoms with E-state index in [9.17, 15) is 0 Å². The molecule has 0 aliphatic carbocycles. The number of nitrogens with zero attached hydrogens (tertiary/aromatic N) is 2. The molecule has 4 nitrogen and oxygen atoms in total. The first kappa shape index (κ1) is 9.61. The summed E-state index contributed by atoms with van der Waals surface area (Å²) in [7, 11) is 0. The summed E-state index contributed by atoms with van der Waals surface area (Å²) in [5.74, 6) is 0.728. The molecule has 0 atom stereocenters. The molecule has 0 saturated carbocycles. The van der Waals surface area contributed by atoms with E-state index in [4.69, 9.17) is 5.73 Å². The van der Waals surface area contributed by atoms with Crippen LogP contribution in [0.3, 0.4) is 0 Å². The van der Waals surface area contributed by atoms with Gasteiger partial charge in [-0.15, -0.1) is 5.10 Å². The Morgan fingerprint density at radius 1 is 1.20 bits per heavy atom. The molecule has 0 unspecified atom stereocenters. The van der Waals surface area contributed by atoms with Gasteiger partial charge in [0.2, 0.25) is 0 Å². The van der Waals surface area contributed by atoms with Gasteiger partial charge in [0.25, 0.3) is 0 Å². The lowest BCUT2D eigenvalue weighted by Gasteiger charge is -2.05. The largest absolute Gasteiger partial charge is 0.339 e. The van der Waals surface area contributed by atoms with Crippen molar-refractivity contribution in [1.29, 1.82) is 0 Å². The lowest BCUT2D eigenvalue weighted by Crippen LogP contribution is -1.98. The van der Waals surface area contributed by atoms with Gasteiger partial charge in [0.15, 0.2) is 5.82 Å². The summed E-state index contributed by atoms with van der Waals surface area (Å²) in [6.45, 7) is 0.538. The van der Waals surface area contributed by atoms with Crippen LogP contribution in [0, 0.1) is 0 Å². The fourth-order valence-corrected chi connectivity index (χ4v) is 1.29. The minimum atomic E-state index is 0.538. The van der Waals surface area contributed by atoms with Gasteiger partial charge in [-0.25, -0.2) is 0 Å². The van der Waals surface area contributed by atoms with Gasteiger partial charge in [0.05, 0.1) is 0 Å². The predicted octanol–water partition coefficient (Wildman–Crippen LogP) is 1.68. The van der Waals surface area contributed by atoms with Crippen LogP contribution in [0.4, 0.5) is 11.5 Å². The second kappa shape index (κ2) is 4.52. The van der Waals surface area contributed by atoms with E-state index in [0.717, 1.165) is 17.1 Å². The van der Waals surface area contributed by atoms with Crippen molar-refractivity contribution in [2.24, 2.45) is 5.73 Å². The van der Waals surface area contributed by atoms with Crippen LogP contribution in [0.1, 0.15) is 5.56 Å². The maximum absolute atomic E-state index is 5.56. The lowest BCUT2D eigenvalue weighted by molar-refractivity contribution is 1.03. The monoisotopic (exact) mass is 200 g/mol. The molecule has 0 radical (unpaired) electrons. The Kier molecular flexibility index (Phi) is 2.90. The summed E-state index contributed by atoms with van der Waals surface area (Å²) in [5.41, 5.74) is 7.61. The molecule has 0 aliphatic rings. The molecule has 0 aliphatic heterocycles. The molecule has 0 spiro atoms. The number of nitrogens with two attached hydrogens (primary N) is 1. The van der Waals surface area contributed by atoms with Gasteiger partial charge in [-0.2, -0.15) is 5.10 Å². The number of hydrogen-bond donors (Lipinski definition) is 2. The van der Waals surface area contributed by atoms with Gasteiger partial charge in [-0.3, -0.25) is 0 Å². The fraction of sp³-hybridized carbons (Fsp3) is 0.0909. The summed E-state index contributed by atoms with van der Waals surface area (Å²) < 4.78 is 0. The van der Waals surface area contributed by atoms with Gasteiger partial charge in [-0.1, -0.05) is 12.1 Å². The molecule has 3 N–H and O–H groups in total. The zero-order chi connectivity index (χ0) is 10.5. The van der Waals surface area contributed by atoms with E-state index in [1.807, 2.05) is 36.4 Å². The number of anilines is 2. The second-order valence-corrected chi connectivity index (χ2v) is 3.14. The standard InChI is InChI=1S/C11H12N4/c12-8-9-3-1-4-10(7-9)14-11-5-2-6-13-15-11/h1-7H,8,12H2,(H,14,15). The van der Waals surface area contributed by atoms with Crippen LogP contribution in [0.25, 0.3) is 0 Å². The van der Waals surface area contributed by atoms with Crippen molar-refractivity contribution >= 4 is 11.5 Å². The minimum absolute atomic E-state index is 0.538. The van der Waals surface area contributed by atoms with Crippen molar-refractivity contribution in [3.63, 3.8) is 0 Å². The molecule has 0 fully saturated rings. The van der Waals surface area contributed by atoms with Crippen molar-refractivity contribution in [1.82, 2.24) is 10.2 Å². The van der Waals surface area contributed by atoms with E-state index < -0.39 is 0 Å². The molecule has 4 heteroatoms. The molecule has 2 aromatic rings. The van der Waals surface area contributed by atoms with Crippen molar-refractivity contribution in [2.45, 2.75) is 6.54 Å². The van der Waals surface area contributed by atoms with Crippen LogP contribution in [0.5, 0.6) is 0 Å². The third-order valence-electron chi connectivity index (χ3n) is 2.01. The van der Waals surface area contributed by atoms with E-state index in [2.05, 4.69) is 15.5 Å². The highest BCUT2D eigenvalue weighted by molar-refractivity contribution is 5.56. The molecule has 0 amide bonds. The zero-order valence-electron chi connectivity index (χ0n) is 8.22. The van der Waals surface area contributed by atoms with E-state index >= 15 is 0 Å². The van der Waals surface area contributed by atoms with E-state index in [1.54, 1.807) is 6.20 Å². The molecular weight excluding hydrogens is 188 g/mol. The quantitative estimate of drug-likeness (QED) is 0.791. The smallest absolute Gasteiger partial charge is 0.153 e. The average Bonchev–Trinajstić information content (AvgIpc) is 2.31. The number of benzene rings is 1. The minimum Gasteiger partial charge on any atom is -0.339 e. The third-order valence-corrected chi connectivity index (χ3v) is 2.01. The molecule has 1 aromatic heterocycles. The van der Waals surface area contributed by atoms with E-state index in [-0.39, 0.29) is 0 Å². The Balaban J connectivity index is 2.17. The Morgan fingerprint density at radius 2 is 2.13 bits per heavy atom. The molecule has 0 bridgehead atoms. The number of nitrogens with one attached hydrogen (secondary N) is 1. The molecule has 1 heterocycles. The second-order valence-electron chi connectivity index (χ2n) is 3.14. The van der Waals surface area contributed by atoms with Gasteiger partial charge in [0.1, 0.15) is 0 Å². The summed E-state index contributed by atoms with van der Waals surface area (Å²) in [6.07, 6.45) is 1.64. The highest BCUT2D eigenvalue weighted by Crippen LogP contribution is 2.14. The Hall–Kier alpha value is -1.94. The summed E-state index contributed by atoms with van der Waals surface area (Å²) in [5, 5.41) is 10.9. The maximum Gasteiger partial charge on any atom is 0.153 e. The van der Waals surface area contributed by atoms with Crippen LogP contribution in [0.15, 0.2) is 42.6 Å². The van der Waals surface area contributed by atoms with Crippen molar-refractivity contribution in [3.05, 3.63) is 48.2 Å². The van der Waals surface area contributed by atoms with E-state index in [1.165, 1.54) is 0 Å². The molecule has 15 heavy (non-hydrogen) atoms. The van der Waals surface area contributed by atoms with E-state index in [0.29, 0.717) is 6.54 Å². The van der Waals surface area contributed by atoms with Gasteiger partial charge < -0.3 is 11.1 Å².